The van der Waals surface area contributed by atoms with Gasteiger partial charge in [-0.25, -0.2) is 0 Å². The van der Waals surface area contributed by atoms with Crippen LogP contribution in [0.15, 0.2) is 21.8 Å². The third-order valence-electron chi connectivity index (χ3n) is 1.05. The van der Waals surface area contributed by atoms with E-state index in [0.29, 0.717) is 0 Å². The summed E-state index contributed by atoms with van der Waals surface area (Å²) in [7, 11) is 0. The molecule has 0 aromatic rings. The molecule has 0 aliphatic heterocycles. The molecule has 0 saturated heterocycles. The highest BCUT2D eigenvalue weighted by Crippen LogP contribution is 2.14. The molecule has 0 aromatic heterocycles. The summed E-state index contributed by atoms with van der Waals surface area (Å²) < 4.78 is 1.02. The average Bonchev–Trinajstić information content (AvgIpc) is 1.87. The van der Waals surface area contributed by atoms with Gasteiger partial charge in [-0.2, -0.15) is 0 Å². The lowest BCUT2D eigenvalue weighted by Crippen LogP contribution is -1.84. The van der Waals surface area contributed by atoms with Crippen molar-refractivity contribution in [3.63, 3.8) is 0 Å². The van der Waals surface area contributed by atoms with Gasteiger partial charge < -0.3 is 5.11 Å². The van der Waals surface area contributed by atoms with E-state index in [-0.39, 0.29) is 6.61 Å². The molecule has 0 fully saturated rings. The van der Waals surface area contributed by atoms with Gasteiger partial charge in [-0.05, 0) is 35.9 Å². The van der Waals surface area contributed by atoms with Crippen molar-refractivity contribution in [2.24, 2.45) is 0 Å². The van der Waals surface area contributed by atoms with Gasteiger partial charge >= 0.3 is 0 Å². The van der Waals surface area contributed by atoms with E-state index in [1.165, 1.54) is 5.57 Å². The second kappa shape index (κ2) is 4.99. The zero-order chi connectivity index (χ0) is 7.28. The number of hydrogen-bond acceptors (Lipinski definition) is 1. The Kier molecular flexibility index (Phi) is 5.09. The number of aliphatic hydroxyl groups excluding tert-OH is 1. The largest absolute Gasteiger partial charge is 0.391 e. The number of aliphatic hydroxyl groups is 1. The number of hydrogen-bond donors (Lipinski definition) is 1. The molecule has 52 valence electrons. The molecule has 1 N–H and O–H groups in total. The molecule has 0 radical (unpaired) electrons. The molecule has 0 aliphatic rings. The minimum Gasteiger partial charge on any atom is -0.391 e. The van der Waals surface area contributed by atoms with Crippen molar-refractivity contribution in [2.45, 2.75) is 13.3 Å². The first-order valence-corrected chi connectivity index (χ1v) is 3.86. The molecule has 0 saturated carbocycles. The maximum absolute atomic E-state index is 8.63. The summed E-state index contributed by atoms with van der Waals surface area (Å²) in [5, 5.41) is 8.63. The smallest absolute Gasteiger partial charge is 0.0738 e. The molecule has 9 heavy (non-hydrogen) atoms. The lowest BCUT2D eigenvalue weighted by atomic mass is 10.2. The van der Waals surface area contributed by atoms with Crippen molar-refractivity contribution >= 4 is 22.6 Å². The summed E-state index contributed by atoms with van der Waals surface area (Å²) in [5.74, 6) is 0. The van der Waals surface area contributed by atoms with Crippen molar-refractivity contribution < 1.29 is 5.11 Å². The van der Waals surface area contributed by atoms with E-state index in [4.69, 9.17) is 5.11 Å². The van der Waals surface area contributed by atoms with Crippen LogP contribution in [-0.4, -0.2) is 11.7 Å². The quantitative estimate of drug-likeness (QED) is 0.590. The molecule has 0 aliphatic carbocycles. The second-order valence-corrected chi connectivity index (χ2v) is 3.14. The Bertz CT molecular complexity index is 127. The molecular weight excluding hydrogens is 227 g/mol. The summed E-state index contributed by atoms with van der Waals surface area (Å²) >= 11 is 2.14. The summed E-state index contributed by atoms with van der Waals surface area (Å²) in [4.78, 5) is 0. The lowest BCUT2D eigenvalue weighted by Gasteiger charge is -1.97. The van der Waals surface area contributed by atoms with Crippen LogP contribution in [0.1, 0.15) is 13.3 Å². The van der Waals surface area contributed by atoms with E-state index in [1.807, 2.05) is 13.0 Å². The van der Waals surface area contributed by atoms with E-state index >= 15 is 0 Å². The maximum atomic E-state index is 8.63. The SMILES string of the molecule is C=CC/C(C)=C(\I)CO. The zero-order valence-corrected chi connectivity index (χ0v) is 7.68. The number of halogens is 1. The van der Waals surface area contributed by atoms with Crippen LogP contribution in [0.2, 0.25) is 0 Å². The highest BCUT2D eigenvalue weighted by atomic mass is 127. The Labute approximate surface area is 69.6 Å². The summed E-state index contributed by atoms with van der Waals surface area (Å²) in [6.07, 6.45) is 2.71. The normalized spacial score (nSPS) is 12.8. The highest BCUT2D eigenvalue weighted by molar-refractivity contribution is 14.1. The summed E-state index contributed by atoms with van der Waals surface area (Å²) in [5.41, 5.74) is 1.20. The van der Waals surface area contributed by atoms with Gasteiger partial charge in [0.15, 0.2) is 0 Å². The molecule has 1 nitrogen and oxygen atoms in total. The van der Waals surface area contributed by atoms with E-state index in [0.717, 1.165) is 10.0 Å². The van der Waals surface area contributed by atoms with Gasteiger partial charge in [0.25, 0.3) is 0 Å². The van der Waals surface area contributed by atoms with Crippen LogP contribution < -0.4 is 0 Å². The minimum atomic E-state index is 0.153. The minimum absolute atomic E-state index is 0.153. The molecule has 0 aromatic carbocycles. The molecule has 0 bridgehead atoms. The summed E-state index contributed by atoms with van der Waals surface area (Å²) in [6.45, 7) is 5.75. The summed E-state index contributed by atoms with van der Waals surface area (Å²) in [6, 6.07) is 0. The Morgan fingerprint density at radius 1 is 1.78 bits per heavy atom. The van der Waals surface area contributed by atoms with Crippen LogP contribution >= 0.6 is 22.6 Å². The third kappa shape index (κ3) is 3.70. The molecule has 2 heteroatoms. The monoisotopic (exact) mass is 238 g/mol. The van der Waals surface area contributed by atoms with E-state index in [9.17, 15) is 0 Å². The Hall–Kier alpha value is 0.170. The van der Waals surface area contributed by atoms with Gasteiger partial charge in [0.05, 0.1) is 6.61 Å². The topological polar surface area (TPSA) is 20.2 Å². The van der Waals surface area contributed by atoms with Crippen LogP contribution in [0.5, 0.6) is 0 Å². The van der Waals surface area contributed by atoms with Crippen molar-refractivity contribution in [3.8, 4) is 0 Å². The van der Waals surface area contributed by atoms with Gasteiger partial charge in [0.2, 0.25) is 0 Å². The molecule has 0 spiro atoms. The van der Waals surface area contributed by atoms with Crippen molar-refractivity contribution in [1.82, 2.24) is 0 Å². The van der Waals surface area contributed by atoms with E-state index in [2.05, 4.69) is 29.2 Å². The van der Waals surface area contributed by atoms with Gasteiger partial charge in [0.1, 0.15) is 0 Å². The Morgan fingerprint density at radius 3 is 2.67 bits per heavy atom. The lowest BCUT2D eigenvalue weighted by molar-refractivity contribution is 0.340. The van der Waals surface area contributed by atoms with Gasteiger partial charge in [-0.1, -0.05) is 11.6 Å². The highest BCUT2D eigenvalue weighted by Gasteiger charge is 1.92. The first-order chi connectivity index (χ1) is 4.22. The number of rotatable bonds is 3. The van der Waals surface area contributed by atoms with Crippen molar-refractivity contribution in [3.05, 3.63) is 21.8 Å². The van der Waals surface area contributed by atoms with Crippen LogP contribution in [0.3, 0.4) is 0 Å². The van der Waals surface area contributed by atoms with Gasteiger partial charge in [-0.3, -0.25) is 0 Å². The predicted molar refractivity (Wildman–Crippen MR) is 48.6 cm³/mol. The van der Waals surface area contributed by atoms with Crippen molar-refractivity contribution in [1.29, 1.82) is 0 Å². The molecule has 0 rings (SSSR count). The third-order valence-corrected chi connectivity index (χ3v) is 2.31. The molecule has 0 unspecified atom stereocenters. The molecular formula is C7H11IO. The van der Waals surface area contributed by atoms with Crippen LogP contribution in [0.4, 0.5) is 0 Å². The van der Waals surface area contributed by atoms with E-state index < -0.39 is 0 Å². The fourth-order valence-corrected chi connectivity index (χ4v) is 0.682. The molecule has 0 amide bonds. The fraction of sp³-hybridized carbons (Fsp3) is 0.429. The Balaban J connectivity index is 3.92. The molecule has 0 heterocycles. The first kappa shape index (κ1) is 9.17. The van der Waals surface area contributed by atoms with Gasteiger partial charge in [0, 0.05) is 3.58 Å². The number of allylic oxidation sites excluding steroid dienone is 2. The zero-order valence-electron chi connectivity index (χ0n) is 5.52. The van der Waals surface area contributed by atoms with Crippen LogP contribution in [0, 0.1) is 0 Å². The van der Waals surface area contributed by atoms with Crippen molar-refractivity contribution in [2.75, 3.05) is 6.61 Å². The van der Waals surface area contributed by atoms with Gasteiger partial charge in [-0.15, -0.1) is 6.58 Å². The van der Waals surface area contributed by atoms with Crippen LogP contribution in [0.25, 0.3) is 0 Å². The average molecular weight is 238 g/mol. The predicted octanol–water partition coefficient (Wildman–Crippen LogP) is 2.26. The Morgan fingerprint density at radius 2 is 2.33 bits per heavy atom. The van der Waals surface area contributed by atoms with E-state index in [1.54, 1.807) is 0 Å². The maximum Gasteiger partial charge on any atom is 0.0738 e. The second-order valence-electron chi connectivity index (χ2n) is 1.84. The molecule has 0 atom stereocenters. The van der Waals surface area contributed by atoms with Crippen LogP contribution in [-0.2, 0) is 0 Å². The standard InChI is InChI=1S/C7H11IO/c1-3-4-6(2)7(8)5-9/h3,9H,1,4-5H2,2H3/b7-6-. The fourth-order valence-electron chi connectivity index (χ4n) is 0.462. The first-order valence-electron chi connectivity index (χ1n) is 2.78.